The first-order chi connectivity index (χ1) is 13.2. The van der Waals surface area contributed by atoms with E-state index >= 15 is 0 Å². The number of fused-ring (bicyclic) bond motifs is 2. The van der Waals surface area contributed by atoms with Gasteiger partial charge in [0.05, 0.1) is 5.39 Å². The minimum absolute atomic E-state index is 0.324. The van der Waals surface area contributed by atoms with Crippen LogP contribution in [0.25, 0.3) is 21.6 Å². The van der Waals surface area contributed by atoms with Gasteiger partial charge in [0.2, 0.25) is 0 Å². The highest BCUT2D eigenvalue weighted by Gasteiger charge is 2.44. The molecule has 0 aromatic carbocycles. The number of aryl methyl sites for hydroxylation is 2. The van der Waals surface area contributed by atoms with E-state index in [0.29, 0.717) is 5.54 Å². The number of anilines is 1. The smallest absolute Gasteiger partial charge is 0.164 e. The Hall–Kier alpha value is -2.05. The van der Waals surface area contributed by atoms with Crippen LogP contribution in [0.2, 0.25) is 0 Å². The molecular formula is C21H25N5S. The lowest BCUT2D eigenvalue weighted by Crippen LogP contribution is -2.44. The fourth-order valence-corrected chi connectivity index (χ4v) is 5.79. The van der Waals surface area contributed by atoms with Crippen LogP contribution < -0.4 is 5.32 Å². The topological polar surface area (TPSA) is 53.9 Å². The van der Waals surface area contributed by atoms with Crippen molar-refractivity contribution in [3.05, 3.63) is 35.0 Å². The van der Waals surface area contributed by atoms with Crippen LogP contribution in [0.3, 0.4) is 0 Å². The van der Waals surface area contributed by atoms with Gasteiger partial charge in [0.15, 0.2) is 5.82 Å². The molecule has 0 bridgehead atoms. The Morgan fingerprint density at radius 2 is 2.00 bits per heavy atom. The van der Waals surface area contributed by atoms with Crippen LogP contribution in [0.15, 0.2) is 24.5 Å². The van der Waals surface area contributed by atoms with Crippen molar-refractivity contribution >= 4 is 27.4 Å². The van der Waals surface area contributed by atoms with Gasteiger partial charge in [-0.25, -0.2) is 9.97 Å². The molecule has 2 saturated heterocycles. The molecule has 0 aliphatic carbocycles. The predicted molar refractivity (Wildman–Crippen MR) is 111 cm³/mol. The molecule has 27 heavy (non-hydrogen) atoms. The molecule has 3 aromatic heterocycles. The summed E-state index contributed by atoms with van der Waals surface area (Å²) in [4.78, 5) is 19.1. The SMILES string of the molecule is Cc1sc2nc(-c3cccnc3)nc(NCC34CCCN3CCC4)c2c1C. The molecule has 2 aliphatic rings. The van der Waals surface area contributed by atoms with E-state index in [0.717, 1.165) is 28.6 Å². The summed E-state index contributed by atoms with van der Waals surface area (Å²) < 4.78 is 0. The Morgan fingerprint density at radius 3 is 2.74 bits per heavy atom. The van der Waals surface area contributed by atoms with Crippen LogP contribution in [-0.4, -0.2) is 45.0 Å². The summed E-state index contributed by atoms with van der Waals surface area (Å²) in [6.07, 6.45) is 8.86. The van der Waals surface area contributed by atoms with Crippen LogP contribution in [0.1, 0.15) is 36.1 Å². The van der Waals surface area contributed by atoms with Crippen LogP contribution in [0.5, 0.6) is 0 Å². The lowest BCUT2D eigenvalue weighted by Gasteiger charge is -2.32. The molecule has 5 heterocycles. The van der Waals surface area contributed by atoms with E-state index in [4.69, 9.17) is 9.97 Å². The first-order valence-electron chi connectivity index (χ1n) is 9.83. The van der Waals surface area contributed by atoms with Gasteiger partial charge < -0.3 is 5.32 Å². The van der Waals surface area contributed by atoms with Crippen molar-refractivity contribution in [3.63, 3.8) is 0 Å². The van der Waals surface area contributed by atoms with Crippen LogP contribution in [0, 0.1) is 13.8 Å². The van der Waals surface area contributed by atoms with E-state index in [1.165, 1.54) is 54.6 Å². The van der Waals surface area contributed by atoms with Crippen molar-refractivity contribution in [3.8, 4) is 11.4 Å². The van der Waals surface area contributed by atoms with Crippen LogP contribution >= 0.6 is 11.3 Å². The van der Waals surface area contributed by atoms with Gasteiger partial charge in [-0.05, 0) is 70.3 Å². The van der Waals surface area contributed by atoms with Gasteiger partial charge >= 0.3 is 0 Å². The zero-order chi connectivity index (χ0) is 18.4. The molecule has 3 aromatic rings. The lowest BCUT2D eigenvalue weighted by atomic mass is 9.94. The molecule has 0 spiro atoms. The van der Waals surface area contributed by atoms with Crippen LogP contribution in [0.4, 0.5) is 5.82 Å². The summed E-state index contributed by atoms with van der Waals surface area (Å²) in [5.74, 6) is 1.74. The highest BCUT2D eigenvalue weighted by atomic mass is 32.1. The van der Waals surface area contributed by atoms with E-state index < -0.39 is 0 Å². The molecule has 0 radical (unpaired) electrons. The molecule has 1 N–H and O–H groups in total. The lowest BCUT2D eigenvalue weighted by molar-refractivity contribution is 0.209. The molecule has 140 valence electrons. The zero-order valence-corrected chi connectivity index (χ0v) is 16.8. The standard InChI is InChI=1S/C21H25N5S/c1-14-15(2)27-20-17(14)19(24-18(25-20)16-6-3-9-22-12-16)23-13-21-7-4-10-26(21)11-5-8-21/h3,6,9,12H,4-5,7-8,10-11,13H2,1-2H3,(H,23,24,25). The number of hydrogen-bond donors (Lipinski definition) is 1. The Labute approximate surface area is 163 Å². The predicted octanol–water partition coefficient (Wildman–Crippen LogP) is 4.41. The summed E-state index contributed by atoms with van der Waals surface area (Å²) in [6, 6.07) is 3.97. The average molecular weight is 380 g/mol. The third-order valence-electron chi connectivity index (χ3n) is 6.34. The average Bonchev–Trinajstić information content (AvgIpc) is 3.34. The summed E-state index contributed by atoms with van der Waals surface area (Å²) in [5, 5.41) is 4.93. The molecule has 5 rings (SSSR count). The first-order valence-corrected chi connectivity index (χ1v) is 10.6. The number of thiophene rings is 1. The van der Waals surface area contributed by atoms with Crippen molar-refractivity contribution < 1.29 is 0 Å². The van der Waals surface area contributed by atoms with Gasteiger partial charge in [-0.1, -0.05) is 0 Å². The van der Waals surface area contributed by atoms with Crippen molar-refractivity contribution in [2.45, 2.75) is 45.1 Å². The Balaban J connectivity index is 1.55. The number of rotatable bonds is 4. The van der Waals surface area contributed by atoms with Gasteiger partial charge in [0, 0.05) is 34.9 Å². The number of hydrogen-bond acceptors (Lipinski definition) is 6. The maximum Gasteiger partial charge on any atom is 0.164 e. The van der Waals surface area contributed by atoms with Gasteiger partial charge in [-0.2, -0.15) is 0 Å². The van der Waals surface area contributed by atoms with Crippen molar-refractivity contribution in [1.82, 2.24) is 19.9 Å². The maximum absolute atomic E-state index is 4.94. The highest BCUT2D eigenvalue weighted by molar-refractivity contribution is 7.18. The van der Waals surface area contributed by atoms with E-state index in [2.05, 4.69) is 29.0 Å². The van der Waals surface area contributed by atoms with E-state index in [1.807, 2.05) is 18.3 Å². The van der Waals surface area contributed by atoms with Crippen molar-refractivity contribution in [1.29, 1.82) is 0 Å². The molecule has 0 saturated carbocycles. The highest BCUT2D eigenvalue weighted by Crippen LogP contribution is 2.40. The fourth-order valence-electron chi connectivity index (χ4n) is 4.76. The van der Waals surface area contributed by atoms with E-state index in [9.17, 15) is 0 Å². The number of nitrogens with one attached hydrogen (secondary N) is 1. The summed E-state index contributed by atoms with van der Waals surface area (Å²) in [6.45, 7) is 7.82. The number of nitrogens with zero attached hydrogens (tertiary/aromatic N) is 4. The summed E-state index contributed by atoms with van der Waals surface area (Å²) in [7, 11) is 0. The third kappa shape index (κ3) is 2.82. The quantitative estimate of drug-likeness (QED) is 0.728. The first kappa shape index (κ1) is 17.1. The Morgan fingerprint density at radius 1 is 1.19 bits per heavy atom. The molecule has 0 unspecified atom stereocenters. The molecule has 0 atom stereocenters. The van der Waals surface area contributed by atoms with Gasteiger partial charge in [-0.3, -0.25) is 9.88 Å². The third-order valence-corrected chi connectivity index (χ3v) is 7.45. The molecule has 5 nitrogen and oxygen atoms in total. The van der Waals surface area contributed by atoms with Crippen LogP contribution in [-0.2, 0) is 0 Å². The molecule has 0 amide bonds. The van der Waals surface area contributed by atoms with Gasteiger partial charge in [0.25, 0.3) is 0 Å². The summed E-state index contributed by atoms with van der Waals surface area (Å²) in [5.41, 5.74) is 2.58. The molecular weight excluding hydrogens is 354 g/mol. The fraction of sp³-hybridized carbons (Fsp3) is 0.476. The second-order valence-corrected chi connectivity index (χ2v) is 9.08. The Bertz CT molecular complexity index is 971. The van der Waals surface area contributed by atoms with Gasteiger partial charge in [-0.15, -0.1) is 11.3 Å². The monoisotopic (exact) mass is 379 g/mol. The Kier molecular flexibility index (Phi) is 4.13. The molecule has 2 aliphatic heterocycles. The normalized spacial score (nSPS) is 18.9. The maximum atomic E-state index is 4.94. The van der Waals surface area contributed by atoms with Gasteiger partial charge in [0.1, 0.15) is 10.6 Å². The zero-order valence-electron chi connectivity index (χ0n) is 16.0. The van der Waals surface area contributed by atoms with Crippen molar-refractivity contribution in [2.75, 3.05) is 25.0 Å². The number of aromatic nitrogens is 3. The second-order valence-electron chi connectivity index (χ2n) is 7.87. The van der Waals surface area contributed by atoms with E-state index in [-0.39, 0.29) is 0 Å². The largest absolute Gasteiger partial charge is 0.368 e. The van der Waals surface area contributed by atoms with E-state index in [1.54, 1.807) is 17.5 Å². The van der Waals surface area contributed by atoms with Crippen molar-refractivity contribution in [2.24, 2.45) is 0 Å². The minimum atomic E-state index is 0.324. The summed E-state index contributed by atoms with van der Waals surface area (Å²) >= 11 is 1.76. The number of pyridine rings is 1. The molecule has 2 fully saturated rings. The molecule has 6 heteroatoms. The minimum Gasteiger partial charge on any atom is -0.368 e. The second kappa shape index (κ2) is 6.53.